The smallest absolute Gasteiger partial charge is 0.0414 e. The van der Waals surface area contributed by atoms with Gasteiger partial charge in [-0.2, -0.15) is 0 Å². The maximum Gasteiger partial charge on any atom is 0.0414 e. The highest BCUT2D eigenvalue weighted by Crippen LogP contribution is 2.21. The summed E-state index contributed by atoms with van der Waals surface area (Å²) in [6, 6.07) is 1.10. The molecule has 1 nitrogen and oxygen atoms in total. The number of rotatable bonds is 6. The summed E-state index contributed by atoms with van der Waals surface area (Å²) >= 11 is 0. The van der Waals surface area contributed by atoms with E-state index in [1.165, 1.54) is 5.57 Å². The second-order valence-electron chi connectivity index (χ2n) is 3.74. The van der Waals surface area contributed by atoms with Gasteiger partial charge >= 0.3 is 0 Å². The number of hydrogen-bond donors (Lipinski definition) is 1. The molecule has 0 aromatic heterocycles. The van der Waals surface area contributed by atoms with Crippen molar-refractivity contribution in [1.82, 2.24) is 5.32 Å². The minimum Gasteiger partial charge on any atom is -0.304 e. The lowest BCUT2D eigenvalue weighted by Crippen LogP contribution is -1.93. The molecule has 0 amide bonds. The Morgan fingerprint density at radius 1 is 1.43 bits per heavy atom. The normalized spacial score (nSPS) is 24.9. The molecular weight excluding hydrogens is 170 g/mol. The van der Waals surface area contributed by atoms with Crippen LogP contribution < -0.4 is 5.32 Å². The molecule has 1 heterocycles. The van der Waals surface area contributed by atoms with Crippen LogP contribution in [0.25, 0.3) is 0 Å². The number of nitrogens with one attached hydrogen (secondary N) is 1. The molecule has 0 radical (unpaired) electrons. The minimum absolute atomic E-state index is 0.509. The van der Waals surface area contributed by atoms with Crippen molar-refractivity contribution >= 4 is 0 Å². The van der Waals surface area contributed by atoms with Crippen LogP contribution in [0.15, 0.2) is 49.1 Å². The summed E-state index contributed by atoms with van der Waals surface area (Å²) in [4.78, 5) is 0. The third-order valence-corrected chi connectivity index (χ3v) is 2.52. The van der Waals surface area contributed by atoms with E-state index in [0.29, 0.717) is 12.1 Å². The summed E-state index contributed by atoms with van der Waals surface area (Å²) in [7, 11) is 0. The summed E-state index contributed by atoms with van der Waals surface area (Å²) in [5.41, 5.74) is 2.28. The second-order valence-corrected chi connectivity index (χ2v) is 3.74. The summed E-state index contributed by atoms with van der Waals surface area (Å²) in [6.07, 6.45) is 8.09. The average molecular weight is 189 g/mol. The van der Waals surface area contributed by atoms with Gasteiger partial charge in [-0.3, -0.25) is 0 Å². The lowest BCUT2D eigenvalue weighted by Gasteiger charge is -1.97. The van der Waals surface area contributed by atoms with Crippen LogP contribution in [0.1, 0.15) is 19.8 Å². The summed E-state index contributed by atoms with van der Waals surface area (Å²) in [5, 5.41) is 3.39. The highest BCUT2D eigenvalue weighted by molar-refractivity contribution is 5.29. The fraction of sp³-hybridized carbons (Fsp3) is 0.385. The third-order valence-electron chi connectivity index (χ3n) is 2.52. The van der Waals surface area contributed by atoms with Crippen molar-refractivity contribution in [2.45, 2.75) is 31.8 Å². The van der Waals surface area contributed by atoms with Crippen molar-refractivity contribution in [3.05, 3.63) is 49.1 Å². The van der Waals surface area contributed by atoms with E-state index in [-0.39, 0.29) is 0 Å². The zero-order valence-corrected chi connectivity index (χ0v) is 8.92. The molecule has 0 saturated carbocycles. The molecule has 1 heteroatoms. The Labute approximate surface area is 86.9 Å². The van der Waals surface area contributed by atoms with Crippen molar-refractivity contribution in [2.24, 2.45) is 0 Å². The quantitative estimate of drug-likeness (QED) is 0.387. The molecule has 0 spiro atoms. The van der Waals surface area contributed by atoms with E-state index in [9.17, 15) is 0 Å². The zero-order chi connectivity index (χ0) is 10.6. The van der Waals surface area contributed by atoms with E-state index in [1.807, 2.05) is 6.08 Å². The summed E-state index contributed by atoms with van der Waals surface area (Å²) in [5.74, 6) is 0. The van der Waals surface area contributed by atoms with Crippen LogP contribution in [0.5, 0.6) is 0 Å². The van der Waals surface area contributed by atoms with Crippen LogP contribution in [-0.4, -0.2) is 12.1 Å². The predicted octanol–water partition coefficient (Wildman–Crippen LogP) is 2.98. The van der Waals surface area contributed by atoms with Gasteiger partial charge in [-0.05, 0) is 18.4 Å². The first kappa shape index (κ1) is 11.0. The van der Waals surface area contributed by atoms with E-state index in [4.69, 9.17) is 0 Å². The molecule has 1 rings (SSSR count). The van der Waals surface area contributed by atoms with E-state index >= 15 is 0 Å². The van der Waals surface area contributed by atoms with Crippen molar-refractivity contribution < 1.29 is 0 Å². The van der Waals surface area contributed by atoms with Crippen LogP contribution in [0, 0.1) is 0 Å². The Kier molecular flexibility index (Phi) is 3.90. The molecule has 1 aliphatic rings. The molecule has 1 saturated heterocycles. The van der Waals surface area contributed by atoms with Gasteiger partial charge in [0, 0.05) is 12.1 Å². The van der Waals surface area contributed by atoms with E-state index in [0.717, 1.165) is 18.4 Å². The minimum atomic E-state index is 0.509. The lowest BCUT2D eigenvalue weighted by molar-refractivity contribution is 0.862. The first-order chi connectivity index (χ1) is 6.67. The summed E-state index contributed by atoms with van der Waals surface area (Å²) in [6.45, 7) is 13.6. The summed E-state index contributed by atoms with van der Waals surface area (Å²) < 4.78 is 0. The Morgan fingerprint density at radius 2 is 2.14 bits per heavy atom. The Morgan fingerprint density at radius 3 is 2.71 bits per heavy atom. The van der Waals surface area contributed by atoms with Gasteiger partial charge in [0.1, 0.15) is 0 Å². The van der Waals surface area contributed by atoms with Gasteiger partial charge in [0.25, 0.3) is 0 Å². The Balaban J connectivity index is 2.26. The zero-order valence-electron chi connectivity index (χ0n) is 8.92. The highest BCUT2D eigenvalue weighted by Gasteiger charge is 2.33. The van der Waals surface area contributed by atoms with E-state index in [2.05, 4.69) is 38.1 Å². The first-order valence-corrected chi connectivity index (χ1v) is 5.09. The van der Waals surface area contributed by atoms with Crippen molar-refractivity contribution in [3.63, 3.8) is 0 Å². The Hall–Kier alpha value is -1.08. The molecule has 1 unspecified atom stereocenters. The van der Waals surface area contributed by atoms with Gasteiger partial charge in [0.05, 0.1) is 0 Å². The van der Waals surface area contributed by atoms with Crippen LogP contribution in [0.3, 0.4) is 0 Å². The van der Waals surface area contributed by atoms with Gasteiger partial charge in [-0.15, -0.1) is 0 Å². The van der Waals surface area contributed by atoms with Crippen LogP contribution >= 0.6 is 0 Å². The molecule has 1 aliphatic heterocycles. The molecule has 0 aliphatic carbocycles. The highest BCUT2D eigenvalue weighted by atomic mass is 15.1. The fourth-order valence-electron chi connectivity index (χ4n) is 1.32. The second kappa shape index (κ2) is 4.97. The fourth-order valence-corrected chi connectivity index (χ4v) is 1.32. The van der Waals surface area contributed by atoms with Crippen molar-refractivity contribution in [3.8, 4) is 0 Å². The maximum absolute atomic E-state index is 4.00. The van der Waals surface area contributed by atoms with Gasteiger partial charge < -0.3 is 5.32 Å². The van der Waals surface area contributed by atoms with E-state index in [1.54, 1.807) is 6.08 Å². The molecule has 0 aromatic carbocycles. The van der Waals surface area contributed by atoms with Gasteiger partial charge in [-0.25, -0.2) is 0 Å². The molecule has 0 aromatic rings. The van der Waals surface area contributed by atoms with Gasteiger partial charge in [0.2, 0.25) is 0 Å². The maximum atomic E-state index is 4.00. The van der Waals surface area contributed by atoms with Crippen molar-refractivity contribution in [2.75, 3.05) is 0 Å². The monoisotopic (exact) mass is 189 g/mol. The largest absolute Gasteiger partial charge is 0.304 e. The molecule has 1 fully saturated rings. The number of hydrogen-bond acceptors (Lipinski definition) is 1. The van der Waals surface area contributed by atoms with Crippen LogP contribution in [0.4, 0.5) is 0 Å². The SMILES string of the molecule is C=CC(=C)/C=C/C1N[C@H]1CC(=C)CC. The molecule has 76 valence electrons. The predicted molar refractivity (Wildman–Crippen MR) is 63.2 cm³/mol. The van der Waals surface area contributed by atoms with Crippen LogP contribution in [0.2, 0.25) is 0 Å². The third kappa shape index (κ3) is 3.35. The van der Waals surface area contributed by atoms with Gasteiger partial charge in [0.15, 0.2) is 0 Å². The standard InChI is InChI=1S/C13H19N/c1-5-10(3)7-8-12-13(14-12)9-11(4)6-2/h5,7-8,12-14H,1,3-4,6,9H2,2H3/b8-7+/t12?,13-/m0/s1. The molecule has 2 atom stereocenters. The molecule has 1 N–H and O–H groups in total. The molecular formula is C13H19N. The molecule has 0 bridgehead atoms. The lowest BCUT2D eigenvalue weighted by atomic mass is 10.1. The topological polar surface area (TPSA) is 21.9 Å². The van der Waals surface area contributed by atoms with Crippen molar-refractivity contribution in [1.29, 1.82) is 0 Å². The van der Waals surface area contributed by atoms with E-state index < -0.39 is 0 Å². The average Bonchev–Trinajstić information content (AvgIpc) is 2.92. The van der Waals surface area contributed by atoms with Gasteiger partial charge in [-0.1, -0.05) is 50.5 Å². The number of allylic oxidation sites excluding steroid dienone is 3. The van der Waals surface area contributed by atoms with Crippen LogP contribution in [-0.2, 0) is 0 Å². The Bertz CT molecular complexity index is 273. The molecule has 14 heavy (non-hydrogen) atoms. The first-order valence-electron chi connectivity index (χ1n) is 5.09.